The molecule has 21 heavy (non-hydrogen) atoms. The maximum atomic E-state index is 11.8. The van der Waals surface area contributed by atoms with Gasteiger partial charge >= 0.3 is 0 Å². The van der Waals surface area contributed by atoms with Crippen molar-refractivity contribution in [3.05, 3.63) is 29.8 Å². The van der Waals surface area contributed by atoms with Gasteiger partial charge in [-0.15, -0.1) is 0 Å². The Kier molecular flexibility index (Phi) is 4.80. The Morgan fingerprint density at radius 2 is 1.76 bits per heavy atom. The molecular weight excluding hydrogens is 270 g/mol. The lowest BCUT2D eigenvalue weighted by atomic mass is 10.0. The van der Waals surface area contributed by atoms with Gasteiger partial charge in [-0.1, -0.05) is 12.8 Å². The summed E-state index contributed by atoms with van der Waals surface area (Å²) in [5, 5.41) is 15.3. The van der Waals surface area contributed by atoms with Gasteiger partial charge in [0.15, 0.2) is 0 Å². The standard InChI is InChI=1S/C15H21N3O3/c16-12-5-3-11(4-6-12)14(20)17-9-13(19)18-10-15(21)7-1-2-8-15/h3-6,21H,1-2,7-10,16H2,(H,17,20)(H,18,19). The summed E-state index contributed by atoms with van der Waals surface area (Å²) in [5.41, 5.74) is 5.79. The average molecular weight is 291 g/mol. The minimum Gasteiger partial charge on any atom is -0.399 e. The van der Waals surface area contributed by atoms with Crippen molar-refractivity contribution >= 4 is 17.5 Å². The summed E-state index contributed by atoms with van der Waals surface area (Å²) in [6, 6.07) is 6.46. The number of nitrogens with two attached hydrogens (primary N) is 1. The van der Waals surface area contributed by atoms with Crippen molar-refractivity contribution in [2.24, 2.45) is 0 Å². The molecule has 114 valence electrons. The number of carbonyl (C=O) groups is 2. The molecule has 1 aromatic carbocycles. The van der Waals surface area contributed by atoms with Gasteiger partial charge in [0.1, 0.15) is 0 Å². The largest absolute Gasteiger partial charge is 0.399 e. The van der Waals surface area contributed by atoms with E-state index in [1.54, 1.807) is 24.3 Å². The molecule has 6 heteroatoms. The highest BCUT2D eigenvalue weighted by Crippen LogP contribution is 2.28. The Balaban J connectivity index is 1.73. The van der Waals surface area contributed by atoms with Gasteiger partial charge in [-0.3, -0.25) is 9.59 Å². The van der Waals surface area contributed by atoms with Crippen molar-refractivity contribution in [1.82, 2.24) is 10.6 Å². The topological polar surface area (TPSA) is 104 Å². The van der Waals surface area contributed by atoms with Gasteiger partial charge in [0.2, 0.25) is 5.91 Å². The lowest BCUT2D eigenvalue weighted by Crippen LogP contribution is -2.44. The number of nitrogens with one attached hydrogen (secondary N) is 2. The molecule has 0 unspecified atom stereocenters. The first-order valence-electron chi connectivity index (χ1n) is 7.11. The monoisotopic (exact) mass is 291 g/mol. The van der Waals surface area contributed by atoms with Crippen molar-refractivity contribution in [3.63, 3.8) is 0 Å². The molecule has 0 bridgehead atoms. The maximum absolute atomic E-state index is 11.8. The van der Waals surface area contributed by atoms with Crippen LogP contribution in [0, 0.1) is 0 Å². The summed E-state index contributed by atoms with van der Waals surface area (Å²) < 4.78 is 0. The maximum Gasteiger partial charge on any atom is 0.251 e. The molecule has 1 fully saturated rings. The Bertz CT molecular complexity index is 507. The first kappa shape index (κ1) is 15.3. The minimum atomic E-state index is -0.781. The van der Waals surface area contributed by atoms with E-state index in [2.05, 4.69) is 10.6 Å². The van der Waals surface area contributed by atoms with Crippen LogP contribution in [0.2, 0.25) is 0 Å². The first-order valence-corrected chi connectivity index (χ1v) is 7.11. The van der Waals surface area contributed by atoms with E-state index in [1.165, 1.54) is 0 Å². The van der Waals surface area contributed by atoms with Gasteiger partial charge in [-0.2, -0.15) is 0 Å². The van der Waals surface area contributed by atoms with Gasteiger partial charge in [0, 0.05) is 17.8 Å². The van der Waals surface area contributed by atoms with E-state index in [9.17, 15) is 14.7 Å². The molecule has 2 amide bonds. The molecule has 1 aliphatic carbocycles. The predicted octanol–water partition coefficient (Wildman–Crippen LogP) is 0.420. The molecule has 1 aliphatic rings. The van der Waals surface area contributed by atoms with Crippen molar-refractivity contribution in [2.45, 2.75) is 31.3 Å². The number of rotatable bonds is 5. The molecule has 0 heterocycles. The molecule has 1 saturated carbocycles. The fourth-order valence-corrected chi connectivity index (χ4v) is 2.43. The Labute approximate surface area is 123 Å². The van der Waals surface area contributed by atoms with Crippen LogP contribution in [-0.2, 0) is 4.79 Å². The highest BCUT2D eigenvalue weighted by atomic mass is 16.3. The van der Waals surface area contributed by atoms with E-state index in [-0.39, 0.29) is 24.9 Å². The van der Waals surface area contributed by atoms with Crippen LogP contribution in [0.1, 0.15) is 36.0 Å². The quantitative estimate of drug-likeness (QED) is 0.590. The van der Waals surface area contributed by atoms with E-state index >= 15 is 0 Å². The van der Waals surface area contributed by atoms with Gasteiger partial charge in [-0.25, -0.2) is 0 Å². The summed E-state index contributed by atoms with van der Waals surface area (Å²) in [4.78, 5) is 23.5. The third-order valence-electron chi connectivity index (χ3n) is 3.73. The van der Waals surface area contributed by atoms with Crippen molar-refractivity contribution in [1.29, 1.82) is 0 Å². The van der Waals surface area contributed by atoms with Crippen molar-refractivity contribution in [2.75, 3.05) is 18.8 Å². The van der Waals surface area contributed by atoms with Gasteiger partial charge in [0.05, 0.1) is 12.1 Å². The molecule has 0 aromatic heterocycles. The van der Waals surface area contributed by atoms with E-state index < -0.39 is 5.60 Å². The molecule has 2 rings (SSSR count). The highest BCUT2D eigenvalue weighted by Gasteiger charge is 2.31. The molecule has 0 atom stereocenters. The SMILES string of the molecule is Nc1ccc(C(=O)NCC(=O)NCC2(O)CCCC2)cc1. The van der Waals surface area contributed by atoms with Crippen LogP contribution >= 0.6 is 0 Å². The van der Waals surface area contributed by atoms with Crippen LogP contribution in [0.4, 0.5) is 5.69 Å². The fourth-order valence-electron chi connectivity index (χ4n) is 2.43. The first-order chi connectivity index (χ1) is 9.98. The van der Waals surface area contributed by atoms with Crippen LogP contribution in [0.3, 0.4) is 0 Å². The smallest absolute Gasteiger partial charge is 0.251 e. The zero-order chi connectivity index (χ0) is 15.3. The number of nitrogen functional groups attached to an aromatic ring is 1. The highest BCUT2D eigenvalue weighted by molar-refractivity contribution is 5.96. The number of carbonyl (C=O) groups excluding carboxylic acids is 2. The van der Waals surface area contributed by atoms with Crippen LogP contribution in [0.25, 0.3) is 0 Å². The summed E-state index contributed by atoms with van der Waals surface area (Å²) >= 11 is 0. The lowest BCUT2D eigenvalue weighted by Gasteiger charge is -2.22. The minimum absolute atomic E-state index is 0.112. The summed E-state index contributed by atoms with van der Waals surface area (Å²) in [6.07, 6.45) is 3.40. The Morgan fingerprint density at radius 3 is 2.38 bits per heavy atom. The zero-order valence-electron chi connectivity index (χ0n) is 11.9. The molecule has 0 aliphatic heterocycles. The van der Waals surface area contributed by atoms with Crippen molar-refractivity contribution < 1.29 is 14.7 Å². The van der Waals surface area contributed by atoms with Crippen LogP contribution in [-0.4, -0.2) is 35.6 Å². The number of hydrogen-bond acceptors (Lipinski definition) is 4. The second kappa shape index (κ2) is 6.58. The zero-order valence-corrected chi connectivity index (χ0v) is 11.9. The predicted molar refractivity (Wildman–Crippen MR) is 79.6 cm³/mol. The number of hydrogen-bond donors (Lipinski definition) is 4. The summed E-state index contributed by atoms with van der Waals surface area (Å²) in [6.45, 7) is 0.128. The number of aliphatic hydroxyl groups is 1. The van der Waals surface area contributed by atoms with Gasteiger partial charge in [0.25, 0.3) is 5.91 Å². The Hall–Kier alpha value is -2.08. The van der Waals surface area contributed by atoms with Crippen LogP contribution < -0.4 is 16.4 Å². The molecule has 0 spiro atoms. The molecule has 5 N–H and O–H groups in total. The molecule has 0 radical (unpaired) electrons. The number of anilines is 1. The molecular formula is C15H21N3O3. The molecule has 6 nitrogen and oxygen atoms in total. The average Bonchev–Trinajstić information content (AvgIpc) is 2.91. The summed E-state index contributed by atoms with van der Waals surface area (Å²) in [5.74, 6) is -0.635. The van der Waals surface area contributed by atoms with E-state index in [0.717, 1.165) is 12.8 Å². The van der Waals surface area contributed by atoms with Crippen LogP contribution in [0.5, 0.6) is 0 Å². The third-order valence-corrected chi connectivity index (χ3v) is 3.73. The van der Waals surface area contributed by atoms with E-state index in [1.807, 2.05) is 0 Å². The van der Waals surface area contributed by atoms with E-state index in [0.29, 0.717) is 24.1 Å². The summed E-state index contributed by atoms with van der Waals surface area (Å²) in [7, 11) is 0. The normalized spacial score (nSPS) is 16.4. The second-order valence-electron chi connectivity index (χ2n) is 5.51. The van der Waals surface area contributed by atoms with Gasteiger partial charge in [-0.05, 0) is 37.1 Å². The van der Waals surface area contributed by atoms with Gasteiger partial charge < -0.3 is 21.5 Å². The fraction of sp³-hybridized carbons (Fsp3) is 0.467. The number of amides is 2. The van der Waals surface area contributed by atoms with E-state index in [4.69, 9.17) is 5.73 Å². The second-order valence-corrected chi connectivity index (χ2v) is 5.51. The molecule has 0 saturated heterocycles. The molecule has 1 aromatic rings. The van der Waals surface area contributed by atoms with Crippen molar-refractivity contribution in [3.8, 4) is 0 Å². The Morgan fingerprint density at radius 1 is 1.14 bits per heavy atom. The van der Waals surface area contributed by atoms with Crippen LogP contribution in [0.15, 0.2) is 24.3 Å². The lowest BCUT2D eigenvalue weighted by molar-refractivity contribution is -0.121. The number of benzene rings is 1. The third kappa shape index (κ3) is 4.46.